The van der Waals surface area contributed by atoms with Crippen LogP contribution in [0.25, 0.3) is 0 Å². The molecule has 1 aromatic rings. The highest BCUT2D eigenvalue weighted by Crippen LogP contribution is 2.20. The summed E-state index contributed by atoms with van der Waals surface area (Å²) in [7, 11) is 0. The minimum Gasteiger partial charge on any atom is -0.478 e. The van der Waals surface area contributed by atoms with Gasteiger partial charge in [0, 0.05) is 17.8 Å². The van der Waals surface area contributed by atoms with Crippen LogP contribution in [0.2, 0.25) is 0 Å². The Morgan fingerprint density at radius 1 is 1.50 bits per heavy atom. The number of carbonyl (C=O) groups is 1. The molecule has 1 aromatic carbocycles. The highest BCUT2D eigenvalue weighted by Gasteiger charge is 2.16. The van der Waals surface area contributed by atoms with Crippen LogP contribution in [0, 0.1) is 6.92 Å². The predicted molar refractivity (Wildman–Crippen MR) is 81.5 cm³/mol. The van der Waals surface area contributed by atoms with Crippen LogP contribution < -0.4 is 10.6 Å². The van der Waals surface area contributed by atoms with Crippen molar-refractivity contribution in [1.29, 1.82) is 0 Å². The zero-order valence-corrected chi connectivity index (χ0v) is 12.3. The van der Waals surface area contributed by atoms with Crippen molar-refractivity contribution < 1.29 is 9.90 Å². The SMILES string of the molecule is Cc1ccc(C(=O)O)cc1NC(C)CC1CCCCN1. The summed E-state index contributed by atoms with van der Waals surface area (Å²) in [5, 5.41) is 16.1. The van der Waals surface area contributed by atoms with Gasteiger partial charge in [0.25, 0.3) is 0 Å². The third kappa shape index (κ3) is 3.97. The first kappa shape index (κ1) is 14.9. The number of rotatable bonds is 5. The number of nitrogens with one attached hydrogen (secondary N) is 2. The molecule has 4 heteroatoms. The van der Waals surface area contributed by atoms with Crippen LogP contribution in [0.15, 0.2) is 18.2 Å². The van der Waals surface area contributed by atoms with E-state index in [-0.39, 0.29) is 0 Å². The summed E-state index contributed by atoms with van der Waals surface area (Å²) in [6, 6.07) is 6.14. The maximum Gasteiger partial charge on any atom is 0.335 e. The molecule has 1 aliphatic rings. The molecule has 2 rings (SSSR count). The van der Waals surface area contributed by atoms with E-state index in [1.807, 2.05) is 13.0 Å². The van der Waals surface area contributed by atoms with Crippen LogP contribution in [-0.4, -0.2) is 29.7 Å². The predicted octanol–water partition coefficient (Wildman–Crippen LogP) is 3.03. The van der Waals surface area contributed by atoms with Crippen molar-refractivity contribution in [3.8, 4) is 0 Å². The van der Waals surface area contributed by atoms with E-state index in [1.54, 1.807) is 12.1 Å². The fourth-order valence-electron chi connectivity index (χ4n) is 2.79. The number of aryl methyl sites for hydroxylation is 1. The summed E-state index contributed by atoms with van der Waals surface area (Å²) >= 11 is 0. The molecule has 0 radical (unpaired) electrons. The fourth-order valence-corrected chi connectivity index (χ4v) is 2.79. The maximum atomic E-state index is 11.0. The number of carboxylic acid groups (broad SMARTS) is 1. The van der Waals surface area contributed by atoms with Crippen molar-refractivity contribution >= 4 is 11.7 Å². The lowest BCUT2D eigenvalue weighted by atomic mass is 9.98. The molecule has 1 heterocycles. The molecule has 20 heavy (non-hydrogen) atoms. The smallest absolute Gasteiger partial charge is 0.335 e. The summed E-state index contributed by atoms with van der Waals surface area (Å²) in [6.07, 6.45) is 4.88. The van der Waals surface area contributed by atoms with Gasteiger partial charge in [0.2, 0.25) is 0 Å². The quantitative estimate of drug-likeness (QED) is 0.773. The van der Waals surface area contributed by atoms with Gasteiger partial charge < -0.3 is 15.7 Å². The molecule has 2 unspecified atom stereocenters. The standard InChI is InChI=1S/C16H24N2O2/c1-11-6-7-13(16(19)20)10-15(11)18-12(2)9-14-5-3-4-8-17-14/h6-7,10,12,14,17-18H,3-5,8-9H2,1-2H3,(H,19,20). The average molecular weight is 276 g/mol. The molecular weight excluding hydrogens is 252 g/mol. The maximum absolute atomic E-state index is 11.0. The number of hydrogen-bond acceptors (Lipinski definition) is 3. The number of aromatic carboxylic acids is 1. The van der Waals surface area contributed by atoms with Gasteiger partial charge in [-0.2, -0.15) is 0 Å². The van der Waals surface area contributed by atoms with Gasteiger partial charge in [0.1, 0.15) is 0 Å². The van der Waals surface area contributed by atoms with Crippen LogP contribution >= 0.6 is 0 Å². The molecule has 0 aromatic heterocycles. The topological polar surface area (TPSA) is 61.4 Å². The number of benzene rings is 1. The number of hydrogen-bond donors (Lipinski definition) is 3. The Hall–Kier alpha value is -1.55. The van der Waals surface area contributed by atoms with Crippen molar-refractivity contribution in [3.63, 3.8) is 0 Å². The van der Waals surface area contributed by atoms with Gasteiger partial charge >= 0.3 is 5.97 Å². The normalized spacial score (nSPS) is 20.4. The first-order chi connectivity index (χ1) is 9.56. The number of anilines is 1. The van der Waals surface area contributed by atoms with Gasteiger partial charge in [0.15, 0.2) is 0 Å². The summed E-state index contributed by atoms with van der Waals surface area (Å²) in [5.41, 5.74) is 2.34. The summed E-state index contributed by atoms with van der Waals surface area (Å²) < 4.78 is 0. The molecule has 110 valence electrons. The fraction of sp³-hybridized carbons (Fsp3) is 0.562. The first-order valence-electron chi connectivity index (χ1n) is 7.40. The lowest BCUT2D eigenvalue weighted by Gasteiger charge is -2.27. The van der Waals surface area contributed by atoms with Gasteiger partial charge in [-0.3, -0.25) is 0 Å². The van der Waals surface area contributed by atoms with Crippen LogP contribution in [0.3, 0.4) is 0 Å². The largest absolute Gasteiger partial charge is 0.478 e. The van der Waals surface area contributed by atoms with Crippen molar-refractivity contribution in [2.24, 2.45) is 0 Å². The molecule has 0 saturated carbocycles. The molecule has 1 fully saturated rings. The second-order valence-electron chi connectivity index (χ2n) is 5.76. The minimum absolute atomic E-state index is 0.327. The lowest BCUT2D eigenvalue weighted by Crippen LogP contribution is -2.37. The Morgan fingerprint density at radius 3 is 2.95 bits per heavy atom. The van der Waals surface area contributed by atoms with Crippen LogP contribution in [0.1, 0.15) is 48.5 Å². The van der Waals surface area contributed by atoms with Crippen molar-refractivity contribution in [3.05, 3.63) is 29.3 Å². The lowest BCUT2D eigenvalue weighted by molar-refractivity contribution is 0.0697. The van der Waals surface area contributed by atoms with Crippen molar-refractivity contribution in [2.45, 2.75) is 51.6 Å². The molecule has 0 bridgehead atoms. The Morgan fingerprint density at radius 2 is 2.30 bits per heavy atom. The average Bonchev–Trinajstić information content (AvgIpc) is 2.42. The van der Waals surface area contributed by atoms with Crippen LogP contribution in [0.4, 0.5) is 5.69 Å². The van der Waals surface area contributed by atoms with E-state index >= 15 is 0 Å². The van der Waals surface area contributed by atoms with E-state index in [4.69, 9.17) is 5.11 Å². The molecule has 2 atom stereocenters. The van der Waals surface area contributed by atoms with Crippen LogP contribution in [-0.2, 0) is 0 Å². The van der Waals surface area contributed by atoms with Crippen LogP contribution in [0.5, 0.6) is 0 Å². The van der Waals surface area contributed by atoms with E-state index in [9.17, 15) is 4.79 Å². The highest BCUT2D eigenvalue weighted by molar-refractivity contribution is 5.89. The van der Waals surface area contributed by atoms with Gasteiger partial charge in [-0.15, -0.1) is 0 Å². The summed E-state index contributed by atoms with van der Waals surface area (Å²) in [5.74, 6) is -0.880. The molecule has 0 spiro atoms. The Labute approximate surface area is 120 Å². The molecular formula is C16H24N2O2. The Balaban J connectivity index is 1.97. The summed E-state index contributed by atoms with van der Waals surface area (Å²) in [4.78, 5) is 11.0. The minimum atomic E-state index is -0.880. The van der Waals surface area contributed by atoms with Gasteiger partial charge in [-0.05, 0) is 57.4 Å². The molecule has 4 nitrogen and oxygen atoms in total. The van der Waals surface area contributed by atoms with E-state index in [1.165, 1.54) is 19.3 Å². The third-order valence-corrected chi connectivity index (χ3v) is 3.94. The van der Waals surface area contributed by atoms with Gasteiger partial charge in [0.05, 0.1) is 5.56 Å². The van der Waals surface area contributed by atoms with E-state index < -0.39 is 5.97 Å². The van der Waals surface area contributed by atoms with Crippen molar-refractivity contribution in [1.82, 2.24) is 5.32 Å². The second-order valence-corrected chi connectivity index (χ2v) is 5.76. The van der Waals surface area contributed by atoms with Gasteiger partial charge in [-0.25, -0.2) is 4.79 Å². The molecule has 1 aliphatic heterocycles. The number of piperidine rings is 1. The molecule has 0 amide bonds. The summed E-state index contributed by atoms with van der Waals surface area (Å²) in [6.45, 7) is 5.27. The van der Waals surface area contributed by atoms with E-state index in [0.29, 0.717) is 17.6 Å². The molecule has 0 aliphatic carbocycles. The van der Waals surface area contributed by atoms with E-state index in [0.717, 1.165) is 24.2 Å². The van der Waals surface area contributed by atoms with E-state index in [2.05, 4.69) is 17.6 Å². The molecule has 3 N–H and O–H groups in total. The number of carboxylic acids is 1. The Bertz CT molecular complexity index is 468. The first-order valence-corrected chi connectivity index (χ1v) is 7.40. The highest BCUT2D eigenvalue weighted by atomic mass is 16.4. The Kier molecular flexibility index (Phi) is 5.01. The third-order valence-electron chi connectivity index (χ3n) is 3.94. The molecule has 1 saturated heterocycles. The van der Waals surface area contributed by atoms with Gasteiger partial charge in [-0.1, -0.05) is 12.5 Å². The zero-order valence-electron chi connectivity index (χ0n) is 12.3. The van der Waals surface area contributed by atoms with Crippen molar-refractivity contribution in [2.75, 3.05) is 11.9 Å². The second kappa shape index (κ2) is 6.75. The monoisotopic (exact) mass is 276 g/mol. The zero-order chi connectivity index (χ0) is 14.5.